The van der Waals surface area contributed by atoms with E-state index in [1.54, 1.807) is 6.20 Å². The number of β-amino-alcohol motifs (C(OH)–C–C–N with tert-alkyl or cyclic N) is 1. The number of aliphatic hydroxyl groups excluding tert-OH is 1. The fourth-order valence-electron chi connectivity index (χ4n) is 4.30. The molecule has 0 aliphatic carbocycles. The number of pyridine rings is 1. The molecular formula is C26H26N4O2. The third-order valence-electron chi connectivity index (χ3n) is 6.14. The maximum atomic E-state index is 13.0. The number of rotatable bonds is 5. The Morgan fingerprint density at radius 1 is 0.875 bits per heavy atom. The van der Waals surface area contributed by atoms with Crippen molar-refractivity contribution in [2.24, 2.45) is 0 Å². The zero-order valence-corrected chi connectivity index (χ0v) is 17.8. The SMILES string of the molecule is O=C(c1cccn2ccnc12)N1CCN(CC(O)c2ccc(-c3ccccc3)cc2)CC1. The number of aliphatic hydroxyl groups is 1. The summed E-state index contributed by atoms with van der Waals surface area (Å²) in [6.45, 7) is 3.31. The molecule has 1 amide bonds. The predicted octanol–water partition coefficient (Wildman–Crippen LogP) is 3.49. The summed E-state index contributed by atoms with van der Waals surface area (Å²) in [5.41, 5.74) is 4.54. The Kier molecular flexibility index (Phi) is 5.71. The topological polar surface area (TPSA) is 61.1 Å². The lowest BCUT2D eigenvalue weighted by molar-refractivity contribution is 0.0528. The maximum Gasteiger partial charge on any atom is 0.257 e. The van der Waals surface area contributed by atoms with Crippen LogP contribution in [0.5, 0.6) is 0 Å². The van der Waals surface area contributed by atoms with Gasteiger partial charge < -0.3 is 14.4 Å². The van der Waals surface area contributed by atoms with E-state index >= 15 is 0 Å². The van der Waals surface area contributed by atoms with E-state index in [0.717, 1.165) is 24.2 Å². The van der Waals surface area contributed by atoms with Crippen molar-refractivity contribution in [3.05, 3.63) is 96.4 Å². The lowest BCUT2D eigenvalue weighted by Crippen LogP contribution is -2.49. The molecule has 1 fully saturated rings. The van der Waals surface area contributed by atoms with Crippen molar-refractivity contribution in [3.8, 4) is 11.1 Å². The van der Waals surface area contributed by atoms with Gasteiger partial charge in [0.15, 0.2) is 0 Å². The van der Waals surface area contributed by atoms with Crippen LogP contribution < -0.4 is 0 Å². The predicted molar refractivity (Wildman–Crippen MR) is 124 cm³/mol. The molecular weight excluding hydrogens is 400 g/mol. The molecule has 1 aliphatic heterocycles. The molecule has 0 bridgehead atoms. The van der Waals surface area contributed by atoms with Crippen LogP contribution in [0, 0.1) is 0 Å². The van der Waals surface area contributed by atoms with Crippen LogP contribution in [-0.2, 0) is 0 Å². The molecule has 4 aromatic rings. The minimum absolute atomic E-state index is 0.0125. The van der Waals surface area contributed by atoms with Gasteiger partial charge in [-0.3, -0.25) is 9.69 Å². The van der Waals surface area contributed by atoms with E-state index in [0.29, 0.717) is 30.8 Å². The van der Waals surface area contributed by atoms with Gasteiger partial charge in [0.25, 0.3) is 5.91 Å². The molecule has 2 aromatic carbocycles. The average Bonchev–Trinajstić information content (AvgIpc) is 3.34. The normalized spacial score (nSPS) is 15.7. The van der Waals surface area contributed by atoms with Gasteiger partial charge in [0, 0.05) is 51.3 Å². The van der Waals surface area contributed by atoms with E-state index in [9.17, 15) is 9.90 Å². The Bertz CT molecular complexity index is 1200. The standard InChI is InChI=1S/C26H26N4O2/c31-24(22-10-8-21(9-11-22)20-5-2-1-3-6-20)19-28-15-17-30(18-16-28)26(32)23-7-4-13-29-14-12-27-25(23)29/h1-14,24,31H,15-19H2. The quantitative estimate of drug-likeness (QED) is 0.531. The van der Waals surface area contributed by atoms with Crippen molar-refractivity contribution in [1.29, 1.82) is 0 Å². The number of nitrogens with zero attached hydrogens (tertiary/aromatic N) is 4. The van der Waals surface area contributed by atoms with Crippen LogP contribution >= 0.6 is 0 Å². The van der Waals surface area contributed by atoms with Gasteiger partial charge in [-0.1, -0.05) is 54.6 Å². The molecule has 6 nitrogen and oxygen atoms in total. The summed E-state index contributed by atoms with van der Waals surface area (Å²) in [5.74, 6) is 0.0125. The largest absolute Gasteiger partial charge is 0.387 e. The summed E-state index contributed by atoms with van der Waals surface area (Å²) in [5, 5.41) is 10.7. The van der Waals surface area contributed by atoms with Crippen LogP contribution in [0.3, 0.4) is 0 Å². The highest BCUT2D eigenvalue weighted by Crippen LogP contribution is 2.23. The number of carbonyl (C=O) groups excluding carboxylic acids is 1. The number of imidazole rings is 1. The lowest BCUT2D eigenvalue weighted by Gasteiger charge is -2.35. The number of benzene rings is 2. The van der Waals surface area contributed by atoms with Crippen molar-refractivity contribution in [1.82, 2.24) is 19.2 Å². The number of carbonyl (C=O) groups is 1. The number of hydrogen-bond donors (Lipinski definition) is 1. The number of hydrogen-bond acceptors (Lipinski definition) is 4. The number of aromatic nitrogens is 2. The van der Waals surface area contributed by atoms with Crippen LogP contribution in [0.1, 0.15) is 22.0 Å². The van der Waals surface area contributed by atoms with Gasteiger partial charge in [0.1, 0.15) is 5.65 Å². The van der Waals surface area contributed by atoms with Gasteiger partial charge in [0.05, 0.1) is 11.7 Å². The fourth-order valence-corrected chi connectivity index (χ4v) is 4.30. The zero-order chi connectivity index (χ0) is 21.9. The number of amides is 1. The molecule has 1 saturated heterocycles. The first kappa shape index (κ1) is 20.4. The molecule has 1 unspecified atom stereocenters. The molecule has 6 heteroatoms. The monoisotopic (exact) mass is 426 g/mol. The van der Waals surface area contributed by atoms with Crippen molar-refractivity contribution >= 4 is 11.6 Å². The van der Waals surface area contributed by atoms with Gasteiger partial charge in [0.2, 0.25) is 0 Å². The van der Waals surface area contributed by atoms with Gasteiger partial charge in [-0.2, -0.15) is 0 Å². The summed E-state index contributed by atoms with van der Waals surface area (Å²) < 4.78 is 1.86. The van der Waals surface area contributed by atoms with Crippen molar-refractivity contribution < 1.29 is 9.90 Å². The van der Waals surface area contributed by atoms with Gasteiger partial charge in [-0.15, -0.1) is 0 Å². The molecule has 1 N–H and O–H groups in total. The highest BCUT2D eigenvalue weighted by Gasteiger charge is 2.25. The van der Waals surface area contributed by atoms with Crippen LogP contribution in [-0.4, -0.2) is 62.9 Å². The van der Waals surface area contributed by atoms with Gasteiger partial charge >= 0.3 is 0 Å². The highest BCUT2D eigenvalue weighted by molar-refractivity contribution is 5.99. The summed E-state index contributed by atoms with van der Waals surface area (Å²) in [4.78, 5) is 21.4. The van der Waals surface area contributed by atoms with Crippen molar-refractivity contribution in [2.45, 2.75) is 6.10 Å². The molecule has 0 radical (unpaired) electrons. The second-order valence-electron chi connectivity index (χ2n) is 8.18. The van der Waals surface area contributed by atoms with Crippen molar-refractivity contribution in [3.63, 3.8) is 0 Å². The van der Waals surface area contributed by atoms with E-state index in [-0.39, 0.29) is 5.91 Å². The van der Waals surface area contributed by atoms with E-state index in [2.05, 4.69) is 34.1 Å². The third-order valence-corrected chi connectivity index (χ3v) is 6.14. The third kappa shape index (κ3) is 4.15. The minimum Gasteiger partial charge on any atom is -0.387 e. The Balaban J connectivity index is 1.18. The van der Waals surface area contributed by atoms with Crippen molar-refractivity contribution in [2.75, 3.05) is 32.7 Å². The molecule has 32 heavy (non-hydrogen) atoms. The van der Waals surface area contributed by atoms with Gasteiger partial charge in [-0.05, 0) is 28.8 Å². The molecule has 162 valence electrons. The maximum absolute atomic E-state index is 13.0. The molecule has 1 aliphatic rings. The first-order valence-electron chi connectivity index (χ1n) is 11.0. The molecule has 3 heterocycles. The second-order valence-corrected chi connectivity index (χ2v) is 8.18. The smallest absolute Gasteiger partial charge is 0.257 e. The first-order valence-corrected chi connectivity index (χ1v) is 11.0. The van der Waals surface area contributed by atoms with E-state index in [1.165, 1.54) is 5.56 Å². The molecule has 1 atom stereocenters. The molecule has 5 rings (SSSR count). The zero-order valence-electron chi connectivity index (χ0n) is 17.8. The van der Waals surface area contributed by atoms with Crippen LogP contribution in [0.15, 0.2) is 85.3 Å². The summed E-state index contributed by atoms with van der Waals surface area (Å²) >= 11 is 0. The van der Waals surface area contributed by atoms with E-state index in [1.807, 2.05) is 64.2 Å². The highest BCUT2D eigenvalue weighted by atomic mass is 16.3. The molecule has 0 spiro atoms. The van der Waals surface area contributed by atoms with Crippen LogP contribution in [0.2, 0.25) is 0 Å². The first-order chi connectivity index (χ1) is 15.7. The average molecular weight is 427 g/mol. The Morgan fingerprint density at radius 2 is 1.59 bits per heavy atom. The molecule has 2 aromatic heterocycles. The minimum atomic E-state index is -0.555. The van der Waals surface area contributed by atoms with Gasteiger partial charge in [-0.25, -0.2) is 4.98 Å². The Morgan fingerprint density at radius 3 is 2.34 bits per heavy atom. The second kappa shape index (κ2) is 8.94. The van der Waals surface area contributed by atoms with Crippen LogP contribution in [0.4, 0.5) is 0 Å². The summed E-state index contributed by atoms with van der Waals surface area (Å²) in [6, 6.07) is 22.0. The number of piperazine rings is 1. The number of fused-ring (bicyclic) bond motifs is 1. The fraction of sp³-hybridized carbons (Fsp3) is 0.231. The van der Waals surface area contributed by atoms with E-state index < -0.39 is 6.10 Å². The Labute approximate surface area is 187 Å². The Hall–Kier alpha value is -3.48. The van der Waals surface area contributed by atoms with E-state index in [4.69, 9.17) is 0 Å². The lowest BCUT2D eigenvalue weighted by atomic mass is 10.0. The summed E-state index contributed by atoms with van der Waals surface area (Å²) in [7, 11) is 0. The molecule has 0 saturated carbocycles. The van der Waals surface area contributed by atoms with Crippen LogP contribution in [0.25, 0.3) is 16.8 Å². The summed E-state index contributed by atoms with van der Waals surface area (Å²) in [6.07, 6.45) is 4.89.